The number of aromatic nitrogens is 2. The summed E-state index contributed by atoms with van der Waals surface area (Å²) in [4.78, 5) is 0. The fourth-order valence-corrected chi connectivity index (χ4v) is 5.92. The van der Waals surface area contributed by atoms with Crippen LogP contribution in [-0.4, -0.2) is 52.8 Å². The first-order chi connectivity index (χ1) is 13.9. The van der Waals surface area contributed by atoms with Gasteiger partial charge in [0, 0.05) is 19.5 Å². The van der Waals surface area contributed by atoms with E-state index in [1.54, 1.807) is 12.1 Å². The maximum absolute atomic E-state index is 13.4. The molecular formula is C18H20BrFN4O4S. The molecule has 156 valence electrons. The monoisotopic (exact) mass is 486 g/mol. The summed E-state index contributed by atoms with van der Waals surface area (Å²) in [5, 5.41) is 20.6. The van der Waals surface area contributed by atoms with E-state index in [1.807, 2.05) is 0 Å². The van der Waals surface area contributed by atoms with Crippen LogP contribution >= 0.6 is 15.9 Å². The van der Waals surface area contributed by atoms with Gasteiger partial charge in [0.25, 0.3) is 0 Å². The predicted molar refractivity (Wildman–Crippen MR) is 106 cm³/mol. The number of hydrogen-bond donors (Lipinski definition) is 1. The lowest BCUT2D eigenvalue weighted by atomic mass is 10.0. The Hall–Kier alpha value is -1.85. The maximum atomic E-state index is 13.4. The standard InChI is InChI=1S/C18H20BrFN4O4S/c19-14-6-11(2-3-15(14)20)7-16(21-25)18-17(22-28-23-18)9-12-8-13(12)10-29(26,27)24-4-1-5-24/h2-3,6,12-13,25H,1,4-5,7-10H2/b21-16+. The van der Waals surface area contributed by atoms with E-state index >= 15 is 0 Å². The van der Waals surface area contributed by atoms with Crippen molar-refractivity contribution in [2.45, 2.75) is 25.7 Å². The first-order valence-electron chi connectivity index (χ1n) is 9.32. The summed E-state index contributed by atoms with van der Waals surface area (Å²) in [7, 11) is -3.18. The molecule has 1 aromatic heterocycles. The summed E-state index contributed by atoms with van der Waals surface area (Å²) in [5.41, 5.74) is 1.85. The van der Waals surface area contributed by atoms with Crippen molar-refractivity contribution in [1.29, 1.82) is 0 Å². The molecule has 2 unspecified atom stereocenters. The Morgan fingerprint density at radius 3 is 2.79 bits per heavy atom. The Bertz CT molecular complexity index is 1040. The number of halogens is 2. The molecule has 1 aliphatic heterocycles. The average Bonchev–Trinajstić information content (AvgIpc) is 3.14. The molecule has 1 N–H and O–H groups in total. The van der Waals surface area contributed by atoms with E-state index in [2.05, 4.69) is 31.4 Å². The lowest BCUT2D eigenvalue weighted by molar-refractivity contribution is 0.300. The first kappa shape index (κ1) is 20.4. The molecule has 29 heavy (non-hydrogen) atoms. The van der Waals surface area contributed by atoms with Crippen molar-refractivity contribution >= 4 is 31.7 Å². The van der Waals surface area contributed by atoms with Crippen LogP contribution in [0.1, 0.15) is 29.8 Å². The number of oxime groups is 1. The molecule has 0 bridgehead atoms. The highest BCUT2D eigenvalue weighted by Gasteiger charge is 2.43. The average molecular weight is 487 g/mol. The second-order valence-corrected chi connectivity index (χ2v) is 10.4. The molecule has 2 aromatic rings. The number of sulfonamides is 1. The second-order valence-electron chi connectivity index (χ2n) is 7.52. The third kappa shape index (κ3) is 4.51. The minimum atomic E-state index is -3.18. The molecular weight excluding hydrogens is 467 g/mol. The van der Waals surface area contributed by atoms with E-state index in [4.69, 9.17) is 4.63 Å². The van der Waals surface area contributed by atoms with Crippen molar-refractivity contribution in [3.8, 4) is 0 Å². The van der Waals surface area contributed by atoms with Crippen LogP contribution in [0.4, 0.5) is 4.39 Å². The van der Waals surface area contributed by atoms with E-state index < -0.39 is 10.0 Å². The van der Waals surface area contributed by atoms with E-state index in [0.717, 1.165) is 18.4 Å². The quantitative estimate of drug-likeness (QED) is 0.349. The molecule has 8 nitrogen and oxygen atoms in total. The van der Waals surface area contributed by atoms with Crippen molar-refractivity contribution in [2.24, 2.45) is 17.0 Å². The van der Waals surface area contributed by atoms with Gasteiger partial charge in [0.1, 0.15) is 17.2 Å². The highest BCUT2D eigenvalue weighted by Crippen LogP contribution is 2.42. The molecule has 2 atom stereocenters. The van der Waals surface area contributed by atoms with Gasteiger partial charge >= 0.3 is 0 Å². The maximum Gasteiger partial charge on any atom is 0.214 e. The van der Waals surface area contributed by atoms with Gasteiger partial charge in [0.05, 0.1) is 10.2 Å². The lowest BCUT2D eigenvalue weighted by Gasteiger charge is -2.29. The highest BCUT2D eigenvalue weighted by atomic mass is 79.9. The molecule has 1 aliphatic carbocycles. The molecule has 2 aliphatic rings. The van der Waals surface area contributed by atoms with Gasteiger partial charge in [0.2, 0.25) is 10.0 Å². The zero-order valence-electron chi connectivity index (χ0n) is 15.5. The summed E-state index contributed by atoms with van der Waals surface area (Å²) in [6.45, 7) is 1.24. The number of rotatable bonds is 8. The molecule has 11 heteroatoms. The Kier molecular flexibility index (Phi) is 5.71. The molecule has 2 fully saturated rings. The normalized spacial score (nSPS) is 22.5. The zero-order chi connectivity index (χ0) is 20.6. The van der Waals surface area contributed by atoms with Crippen molar-refractivity contribution < 1.29 is 22.6 Å². The Morgan fingerprint density at radius 2 is 2.14 bits per heavy atom. The van der Waals surface area contributed by atoms with Crippen LogP contribution in [0, 0.1) is 17.7 Å². The van der Waals surface area contributed by atoms with E-state index in [9.17, 15) is 18.0 Å². The van der Waals surface area contributed by atoms with Crippen LogP contribution in [0.2, 0.25) is 0 Å². The van der Waals surface area contributed by atoms with Crippen molar-refractivity contribution in [2.75, 3.05) is 18.8 Å². The van der Waals surface area contributed by atoms with Gasteiger partial charge in [-0.15, -0.1) is 0 Å². The van der Waals surface area contributed by atoms with Crippen molar-refractivity contribution in [3.05, 3.63) is 45.4 Å². The van der Waals surface area contributed by atoms with Crippen LogP contribution < -0.4 is 0 Å². The van der Waals surface area contributed by atoms with E-state index in [1.165, 1.54) is 10.4 Å². The summed E-state index contributed by atoms with van der Waals surface area (Å²) < 4.78 is 44.7. The molecule has 0 spiro atoms. The van der Waals surface area contributed by atoms with Gasteiger partial charge in [-0.3, -0.25) is 0 Å². The first-order valence-corrected chi connectivity index (χ1v) is 11.7. The molecule has 1 saturated heterocycles. The molecule has 0 radical (unpaired) electrons. The van der Waals surface area contributed by atoms with Crippen LogP contribution in [-0.2, 0) is 22.9 Å². The molecule has 2 heterocycles. The summed E-state index contributed by atoms with van der Waals surface area (Å²) in [6.07, 6.45) is 2.45. The molecule has 0 amide bonds. The Labute approximate surface area is 175 Å². The number of benzene rings is 1. The van der Waals surface area contributed by atoms with Crippen LogP contribution in [0.25, 0.3) is 0 Å². The van der Waals surface area contributed by atoms with Gasteiger partial charge in [-0.05, 0) is 69.9 Å². The predicted octanol–water partition coefficient (Wildman–Crippen LogP) is 2.61. The van der Waals surface area contributed by atoms with Crippen molar-refractivity contribution in [1.82, 2.24) is 14.6 Å². The fourth-order valence-electron chi connectivity index (χ4n) is 3.52. The SMILES string of the molecule is O=S(=O)(CC1CC1Cc1nonc1/C(Cc1ccc(F)c(Br)c1)=N/O)N1CCC1. The Balaban J connectivity index is 1.41. The van der Waals surface area contributed by atoms with Gasteiger partial charge < -0.3 is 5.21 Å². The minimum absolute atomic E-state index is 0.0905. The zero-order valence-corrected chi connectivity index (χ0v) is 17.9. The smallest absolute Gasteiger partial charge is 0.214 e. The second kappa shape index (κ2) is 8.11. The highest BCUT2D eigenvalue weighted by molar-refractivity contribution is 9.10. The number of nitrogens with zero attached hydrogens (tertiary/aromatic N) is 4. The number of hydrogen-bond acceptors (Lipinski definition) is 7. The van der Waals surface area contributed by atoms with Crippen LogP contribution in [0.5, 0.6) is 0 Å². The molecule has 1 saturated carbocycles. The van der Waals surface area contributed by atoms with Gasteiger partial charge in [-0.2, -0.15) is 0 Å². The molecule has 4 rings (SSSR count). The third-order valence-electron chi connectivity index (χ3n) is 5.46. The van der Waals surface area contributed by atoms with Crippen molar-refractivity contribution in [3.63, 3.8) is 0 Å². The largest absolute Gasteiger partial charge is 0.411 e. The van der Waals surface area contributed by atoms with Gasteiger partial charge in [-0.25, -0.2) is 21.7 Å². The summed E-state index contributed by atoms with van der Waals surface area (Å²) in [5.74, 6) is 0.0420. The fraction of sp³-hybridized carbons (Fsp3) is 0.500. The van der Waals surface area contributed by atoms with E-state index in [0.29, 0.717) is 35.4 Å². The minimum Gasteiger partial charge on any atom is -0.411 e. The summed E-state index contributed by atoms with van der Waals surface area (Å²) >= 11 is 3.14. The van der Waals surface area contributed by atoms with Gasteiger partial charge in [0.15, 0.2) is 5.69 Å². The van der Waals surface area contributed by atoms with E-state index in [-0.39, 0.29) is 35.5 Å². The lowest BCUT2D eigenvalue weighted by Crippen LogP contribution is -2.43. The Morgan fingerprint density at radius 1 is 1.34 bits per heavy atom. The van der Waals surface area contributed by atoms with Crippen LogP contribution in [0.15, 0.2) is 32.5 Å². The molecule has 1 aromatic carbocycles. The summed E-state index contributed by atoms with van der Waals surface area (Å²) in [6, 6.07) is 4.52. The topological polar surface area (TPSA) is 109 Å². The van der Waals surface area contributed by atoms with Crippen LogP contribution in [0.3, 0.4) is 0 Å². The third-order valence-corrected chi connectivity index (χ3v) is 8.07. The van der Waals surface area contributed by atoms with Gasteiger partial charge in [-0.1, -0.05) is 16.4 Å².